The number of aliphatic hydroxyl groups is 1. The number of Topliss-reactive ketones (excluding diaryl/α,β-unsaturated/α-hetero) is 1. The molecule has 0 saturated heterocycles. The Hall–Kier alpha value is -1.32. The minimum atomic E-state index is -0.466. The molecule has 0 atom stereocenters. The third kappa shape index (κ3) is 1.32. The molecule has 0 aromatic carbocycles. The van der Waals surface area contributed by atoms with Gasteiger partial charge in [0.2, 0.25) is 0 Å². The summed E-state index contributed by atoms with van der Waals surface area (Å²) in [6, 6.07) is 0. The van der Waals surface area contributed by atoms with Crippen LogP contribution in [0.1, 0.15) is 13.8 Å². The van der Waals surface area contributed by atoms with Gasteiger partial charge >= 0.3 is 0 Å². The van der Waals surface area contributed by atoms with Crippen molar-refractivity contribution in [2.45, 2.75) is 13.8 Å². The maximum Gasteiger partial charge on any atom is 0.258 e. The second kappa shape index (κ2) is 2.97. The largest absolute Gasteiger partial charge is 0.509 e. The van der Waals surface area contributed by atoms with Crippen LogP contribution in [-0.2, 0) is 9.59 Å². The highest BCUT2D eigenvalue weighted by Gasteiger charge is 2.29. The molecule has 0 spiro atoms. The van der Waals surface area contributed by atoms with Gasteiger partial charge in [-0.25, -0.2) is 0 Å². The third-order valence-electron chi connectivity index (χ3n) is 1.70. The summed E-state index contributed by atoms with van der Waals surface area (Å²) >= 11 is 0. The number of hydrogen-bond donors (Lipinski definition) is 2. The molecule has 0 aromatic heterocycles. The fourth-order valence-electron chi connectivity index (χ4n) is 1.01. The molecule has 1 aliphatic rings. The molecule has 1 heterocycles. The average Bonchev–Trinajstić information content (AvgIpc) is 2.30. The highest BCUT2D eigenvalue weighted by atomic mass is 16.3. The summed E-state index contributed by atoms with van der Waals surface area (Å²) in [5, 5.41) is 11.5. The zero-order chi connectivity index (χ0) is 9.30. The van der Waals surface area contributed by atoms with Crippen LogP contribution >= 0.6 is 0 Å². The molecular weight excluding hydrogens is 158 g/mol. The molecule has 0 aliphatic carbocycles. The van der Waals surface area contributed by atoms with Crippen molar-refractivity contribution in [1.82, 2.24) is 5.32 Å². The Balaban J connectivity index is 2.94. The van der Waals surface area contributed by atoms with Crippen molar-refractivity contribution in [3.8, 4) is 0 Å². The highest BCUT2D eigenvalue weighted by Crippen LogP contribution is 2.13. The topological polar surface area (TPSA) is 66.4 Å². The molecule has 12 heavy (non-hydrogen) atoms. The van der Waals surface area contributed by atoms with Crippen molar-refractivity contribution in [1.29, 1.82) is 0 Å². The molecule has 0 saturated carbocycles. The Bertz CT molecular complexity index is 265. The highest BCUT2D eigenvalue weighted by molar-refractivity contribution is 6.21. The Labute approximate surface area is 70.3 Å². The number of aliphatic hydroxyl groups excluding tert-OH is 1. The van der Waals surface area contributed by atoms with Crippen LogP contribution in [0.2, 0.25) is 0 Å². The van der Waals surface area contributed by atoms with Crippen LogP contribution < -0.4 is 5.32 Å². The second-order valence-electron chi connectivity index (χ2n) is 3.02. The Morgan fingerprint density at radius 2 is 2.17 bits per heavy atom. The summed E-state index contributed by atoms with van der Waals surface area (Å²) in [5.41, 5.74) is -0.0787. The van der Waals surface area contributed by atoms with Gasteiger partial charge in [0.25, 0.3) is 5.91 Å². The van der Waals surface area contributed by atoms with E-state index in [-0.39, 0.29) is 29.6 Å². The first-order chi connectivity index (χ1) is 5.54. The molecule has 4 heteroatoms. The number of ketones is 1. The van der Waals surface area contributed by atoms with Gasteiger partial charge in [0, 0.05) is 5.92 Å². The van der Waals surface area contributed by atoms with E-state index in [1.54, 1.807) is 13.8 Å². The van der Waals surface area contributed by atoms with Crippen LogP contribution in [0, 0.1) is 5.92 Å². The van der Waals surface area contributed by atoms with E-state index in [1.807, 2.05) is 0 Å². The molecule has 0 unspecified atom stereocenters. The zero-order valence-corrected chi connectivity index (χ0v) is 7.05. The van der Waals surface area contributed by atoms with Gasteiger partial charge in [-0.1, -0.05) is 13.8 Å². The van der Waals surface area contributed by atoms with Gasteiger partial charge in [0.1, 0.15) is 11.3 Å². The fraction of sp³-hybridized carbons (Fsp3) is 0.500. The van der Waals surface area contributed by atoms with Gasteiger partial charge in [-0.15, -0.1) is 0 Å². The van der Waals surface area contributed by atoms with Crippen LogP contribution in [0.25, 0.3) is 0 Å². The van der Waals surface area contributed by atoms with Crippen LogP contribution in [0.3, 0.4) is 0 Å². The summed E-state index contributed by atoms with van der Waals surface area (Å²) in [6.45, 7) is 3.45. The lowest BCUT2D eigenvalue weighted by atomic mass is 10.0. The molecule has 0 radical (unpaired) electrons. The van der Waals surface area contributed by atoms with E-state index >= 15 is 0 Å². The Kier molecular flexibility index (Phi) is 2.17. The van der Waals surface area contributed by atoms with E-state index in [0.29, 0.717) is 0 Å². The first-order valence-corrected chi connectivity index (χ1v) is 3.78. The maximum atomic E-state index is 11.3. The van der Waals surface area contributed by atoms with Crippen molar-refractivity contribution in [3.63, 3.8) is 0 Å². The van der Waals surface area contributed by atoms with E-state index in [1.165, 1.54) is 0 Å². The lowest BCUT2D eigenvalue weighted by molar-refractivity contribution is -0.123. The minimum Gasteiger partial charge on any atom is -0.509 e. The van der Waals surface area contributed by atoms with Crippen LogP contribution in [0.5, 0.6) is 0 Å². The number of rotatable bonds is 2. The van der Waals surface area contributed by atoms with Crippen molar-refractivity contribution in [3.05, 3.63) is 11.3 Å². The SMILES string of the molecule is CC(C)C(=O)C1=C(O)CNC1=O. The summed E-state index contributed by atoms with van der Waals surface area (Å²) in [5.74, 6) is -1.17. The van der Waals surface area contributed by atoms with Gasteiger partial charge < -0.3 is 10.4 Å². The van der Waals surface area contributed by atoms with Crippen LogP contribution in [-0.4, -0.2) is 23.3 Å². The molecule has 1 amide bonds. The predicted octanol–water partition coefficient (Wildman–Crippen LogP) is 0.153. The molecular formula is C8H11NO3. The lowest BCUT2D eigenvalue weighted by Gasteiger charge is -2.02. The first kappa shape index (κ1) is 8.77. The van der Waals surface area contributed by atoms with Crippen molar-refractivity contribution in [2.24, 2.45) is 5.92 Å². The number of carbonyl (C=O) groups excluding carboxylic acids is 2. The second-order valence-corrected chi connectivity index (χ2v) is 3.02. The first-order valence-electron chi connectivity index (χ1n) is 3.78. The molecule has 0 aromatic rings. The molecule has 66 valence electrons. The van der Waals surface area contributed by atoms with Crippen molar-refractivity contribution >= 4 is 11.7 Å². The van der Waals surface area contributed by atoms with Crippen molar-refractivity contribution in [2.75, 3.05) is 6.54 Å². The smallest absolute Gasteiger partial charge is 0.258 e. The number of hydrogen-bond acceptors (Lipinski definition) is 3. The van der Waals surface area contributed by atoms with Crippen LogP contribution in [0.4, 0.5) is 0 Å². The molecule has 2 N–H and O–H groups in total. The van der Waals surface area contributed by atoms with E-state index in [0.717, 1.165) is 0 Å². The molecule has 1 rings (SSSR count). The summed E-state index contributed by atoms with van der Waals surface area (Å²) in [7, 11) is 0. The van der Waals surface area contributed by atoms with Gasteiger partial charge in [-0.05, 0) is 0 Å². The summed E-state index contributed by atoms with van der Waals surface area (Å²) in [6.07, 6.45) is 0. The molecule has 0 bridgehead atoms. The number of amides is 1. The minimum absolute atomic E-state index is 0.0760. The number of nitrogens with one attached hydrogen (secondary N) is 1. The average molecular weight is 169 g/mol. The van der Waals surface area contributed by atoms with E-state index in [4.69, 9.17) is 5.11 Å². The Morgan fingerprint density at radius 1 is 1.58 bits per heavy atom. The quantitative estimate of drug-likeness (QED) is 0.578. The van der Waals surface area contributed by atoms with E-state index in [9.17, 15) is 9.59 Å². The molecule has 4 nitrogen and oxygen atoms in total. The molecule has 0 fully saturated rings. The van der Waals surface area contributed by atoms with Crippen LogP contribution in [0.15, 0.2) is 11.3 Å². The normalized spacial score (nSPS) is 17.1. The summed E-state index contributed by atoms with van der Waals surface area (Å²) in [4.78, 5) is 22.3. The number of carbonyl (C=O) groups is 2. The molecule has 1 aliphatic heterocycles. The Morgan fingerprint density at radius 3 is 2.50 bits per heavy atom. The van der Waals surface area contributed by atoms with Gasteiger partial charge in [0.15, 0.2) is 5.78 Å². The fourth-order valence-corrected chi connectivity index (χ4v) is 1.01. The monoisotopic (exact) mass is 169 g/mol. The van der Waals surface area contributed by atoms with Gasteiger partial charge in [-0.2, -0.15) is 0 Å². The van der Waals surface area contributed by atoms with E-state index in [2.05, 4.69) is 5.32 Å². The summed E-state index contributed by atoms with van der Waals surface area (Å²) < 4.78 is 0. The zero-order valence-electron chi connectivity index (χ0n) is 7.05. The van der Waals surface area contributed by atoms with E-state index < -0.39 is 5.91 Å². The lowest BCUT2D eigenvalue weighted by Crippen LogP contribution is -2.23. The third-order valence-corrected chi connectivity index (χ3v) is 1.70. The maximum absolute atomic E-state index is 11.3. The van der Waals surface area contributed by atoms with Crippen molar-refractivity contribution < 1.29 is 14.7 Å². The predicted molar refractivity (Wildman–Crippen MR) is 42.5 cm³/mol. The van der Waals surface area contributed by atoms with Gasteiger partial charge in [0.05, 0.1) is 6.54 Å². The van der Waals surface area contributed by atoms with Gasteiger partial charge in [-0.3, -0.25) is 9.59 Å². The standard InChI is InChI=1S/C8H11NO3/c1-4(2)7(11)6-5(10)3-9-8(6)12/h4,10H,3H2,1-2H3,(H,9,12).